The Morgan fingerprint density at radius 1 is 1.10 bits per heavy atom. The third kappa shape index (κ3) is 3.12. The van der Waals surface area contributed by atoms with Crippen LogP contribution in [0.15, 0.2) is 48.8 Å². The van der Waals surface area contributed by atoms with Crippen LogP contribution in [0.2, 0.25) is 0 Å². The second-order valence-electron chi connectivity index (χ2n) is 9.33. The van der Waals surface area contributed by atoms with E-state index in [1.807, 2.05) is 24.4 Å². The summed E-state index contributed by atoms with van der Waals surface area (Å²) in [4.78, 5) is 28.2. The van der Waals surface area contributed by atoms with E-state index in [1.165, 1.54) is 22.0 Å². The van der Waals surface area contributed by atoms with Crippen molar-refractivity contribution < 1.29 is 4.79 Å². The summed E-state index contributed by atoms with van der Waals surface area (Å²) < 4.78 is 0. The van der Waals surface area contributed by atoms with Crippen molar-refractivity contribution >= 4 is 22.6 Å². The third-order valence-corrected chi connectivity index (χ3v) is 7.64. The number of nitrogens with one attached hydrogen (secondary N) is 1. The predicted molar refractivity (Wildman–Crippen MR) is 122 cm³/mol. The number of likely N-dealkylation sites (tertiary alicyclic amines) is 1. The molecule has 3 atom stereocenters. The molecule has 0 radical (unpaired) electrons. The van der Waals surface area contributed by atoms with E-state index in [9.17, 15) is 4.79 Å². The van der Waals surface area contributed by atoms with Crippen molar-refractivity contribution in [1.29, 1.82) is 0 Å². The molecule has 0 spiro atoms. The molecule has 1 N–H and O–H groups in total. The highest BCUT2D eigenvalue weighted by atomic mass is 16.2. The van der Waals surface area contributed by atoms with E-state index in [2.05, 4.69) is 56.1 Å². The predicted octanol–water partition coefficient (Wildman–Crippen LogP) is 2.87. The van der Waals surface area contributed by atoms with Crippen LogP contribution in [-0.2, 0) is 11.2 Å². The molecule has 31 heavy (non-hydrogen) atoms. The molecule has 0 unspecified atom stereocenters. The molecule has 2 saturated heterocycles. The minimum absolute atomic E-state index is 0.0726. The van der Waals surface area contributed by atoms with E-state index in [1.54, 1.807) is 0 Å². The average molecular weight is 416 g/mol. The number of rotatable bonds is 2. The Balaban J connectivity index is 1.19. The molecule has 3 aliphatic rings. The lowest BCUT2D eigenvalue weighted by Gasteiger charge is -2.46. The number of benzene rings is 1. The van der Waals surface area contributed by atoms with Gasteiger partial charge in [0.05, 0.1) is 5.92 Å². The molecule has 1 aromatic carbocycles. The van der Waals surface area contributed by atoms with Crippen LogP contribution in [0.1, 0.15) is 23.5 Å². The minimum Gasteiger partial charge on any atom is -0.361 e. The molecule has 3 aromatic rings. The Bertz CT molecular complexity index is 1100. The number of amides is 1. The first-order chi connectivity index (χ1) is 15.2. The quantitative estimate of drug-likeness (QED) is 0.699. The van der Waals surface area contributed by atoms with Crippen LogP contribution in [0.5, 0.6) is 0 Å². The standard InChI is InChI=1S/C25H29N5O/c1-28-16-18(25(31)30-11-9-29(10-12-30)23-7-2-3-8-26-23)13-20-19-5-4-6-21-24(19)17(15-27-21)14-22(20)28/h2-8,15,18,20,22,27H,9-14,16H2,1H3/t18-,20-,22-/m1/s1. The molecule has 6 rings (SSSR count). The van der Waals surface area contributed by atoms with Crippen molar-refractivity contribution in [3.8, 4) is 0 Å². The van der Waals surface area contributed by atoms with Crippen LogP contribution >= 0.6 is 0 Å². The summed E-state index contributed by atoms with van der Waals surface area (Å²) in [7, 11) is 2.20. The highest BCUT2D eigenvalue weighted by molar-refractivity contribution is 5.88. The first-order valence-corrected chi connectivity index (χ1v) is 11.4. The average Bonchev–Trinajstić information content (AvgIpc) is 3.24. The van der Waals surface area contributed by atoms with Gasteiger partial charge in [0.1, 0.15) is 5.82 Å². The first kappa shape index (κ1) is 18.9. The minimum atomic E-state index is 0.0726. The highest BCUT2D eigenvalue weighted by Gasteiger charge is 2.42. The second-order valence-corrected chi connectivity index (χ2v) is 9.33. The SMILES string of the molecule is CN1C[C@H](C(=O)N2CCN(c3ccccn3)CC2)C[C@@H]2c3cccc4[nH]cc(c34)C[C@H]21. The van der Waals surface area contributed by atoms with Crippen molar-refractivity contribution in [2.45, 2.75) is 24.8 Å². The van der Waals surface area contributed by atoms with E-state index in [4.69, 9.17) is 0 Å². The molecule has 1 amide bonds. The van der Waals surface area contributed by atoms with Gasteiger partial charge in [0.25, 0.3) is 0 Å². The van der Waals surface area contributed by atoms with E-state index in [0.29, 0.717) is 17.9 Å². The van der Waals surface area contributed by atoms with Crippen molar-refractivity contribution in [1.82, 2.24) is 19.8 Å². The Morgan fingerprint density at radius 2 is 1.97 bits per heavy atom. The fraction of sp³-hybridized carbons (Fsp3) is 0.440. The number of carbonyl (C=O) groups excluding carboxylic acids is 1. The van der Waals surface area contributed by atoms with Gasteiger partial charge in [-0.1, -0.05) is 18.2 Å². The highest BCUT2D eigenvalue weighted by Crippen LogP contribution is 2.44. The molecular weight excluding hydrogens is 386 g/mol. The molecular formula is C25H29N5O. The van der Waals surface area contributed by atoms with Gasteiger partial charge < -0.3 is 19.7 Å². The van der Waals surface area contributed by atoms with Gasteiger partial charge in [-0.25, -0.2) is 4.98 Å². The lowest BCUT2D eigenvalue weighted by molar-refractivity contribution is -0.138. The Morgan fingerprint density at radius 3 is 2.77 bits per heavy atom. The number of hydrogen-bond donors (Lipinski definition) is 1. The molecule has 0 saturated carbocycles. The molecule has 1 aliphatic carbocycles. The van der Waals surface area contributed by atoms with Gasteiger partial charge in [0.2, 0.25) is 5.91 Å². The lowest BCUT2D eigenvalue weighted by atomic mass is 9.72. The summed E-state index contributed by atoms with van der Waals surface area (Å²) >= 11 is 0. The molecule has 6 nitrogen and oxygen atoms in total. The monoisotopic (exact) mass is 415 g/mol. The van der Waals surface area contributed by atoms with Crippen LogP contribution < -0.4 is 4.90 Å². The largest absolute Gasteiger partial charge is 0.361 e. The first-order valence-electron chi connectivity index (χ1n) is 11.4. The smallest absolute Gasteiger partial charge is 0.227 e. The topological polar surface area (TPSA) is 55.5 Å². The fourth-order valence-corrected chi connectivity index (χ4v) is 6.08. The van der Waals surface area contributed by atoms with E-state index < -0.39 is 0 Å². The number of pyridine rings is 1. The Labute approximate surface area is 182 Å². The van der Waals surface area contributed by atoms with E-state index >= 15 is 0 Å². The van der Waals surface area contributed by atoms with Crippen LogP contribution in [0.4, 0.5) is 5.82 Å². The number of H-pyrrole nitrogens is 1. The van der Waals surface area contributed by atoms with Crippen LogP contribution in [0, 0.1) is 5.92 Å². The molecule has 4 heterocycles. The molecule has 6 heteroatoms. The van der Waals surface area contributed by atoms with Crippen molar-refractivity contribution in [2.24, 2.45) is 5.92 Å². The van der Waals surface area contributed by atoms with Gasteiger partial charge in [0.15, 0.2) is 0 Å². The van der Waals surface area contributed by atoms with Crippen molar-refractivity contribution in [3.05, 3.63) is 59.9 Å². The Hall–Kier alpha value is -2.86. The summed E-state index contributed by atoms with van der Waals surface area (Å²) in [6, 6.07) is 13.1. The number of piperidine rings is 1. The fourth-order valence-electron chi connectivity index (χ4n) is 6.08. The van der Waals surface area contributed by atoms with Crippen molar-refractivity contribution in [3.63, 3.8) is 0 Å². The van der Waals surface area contributed by atoms with Gasteiger partial charge >= 0.3 is 0 Å². The molecule has 2 fully saturated rings. The maximum atomic E-state index is 13.5. The number of anilines is 1. The van der Waals surface area contributed by atoms with Crippen LogP contribution in [0.25, 0.3) is 10.9 Å². The number of nitrogens with zero attached hydrogens (tertiary/aromatic N) is 4. The molecule has 2 aliphatic heterocycles. The molecule has 2 aromatic heterocycles. The number of aromatic amines is 1. The van der Waals surface area contributed by atoms with Gasteiger partial charge in [-0.3, -0.25) is 4.79 Å². The normalized spacial score (nSPS) is 26.2. The second kappa shape index (κ2) is 7.38. The van der Waals surface area contributed by atoms with Crippen LogP contribution in [0.3, 0.4) is 0 Å². The third-order valence-electron chi connectivity index (χ3n) is 7.64. The van der Waals surface area contributed by atoms with E-state index in [-0.39, 0.29) is 5.92 Å². The summed E-state index contributed by atoms with van der Waals surface area (Å²) in [6.45, 7) is 4.12. The zero-order chi connectivity index (χ0) is 20.9. The lowest BCUT2D eigenvalue weighted by Crippen LogP contribution is -2.55. The molecule has 160 valence electrons. The summed E-state index contributed by atoms with van der Waals surface area (Å²) in [5, 5.41) is 1.40. The number of aromatic nitrogens is 2. The van der Waals surface area contributed by atoms with E-state index in [0.717, 1.165) is 51.4 Å². The van der Waals surface area contributed by atoms with Gasteiger partial charge in [0, 0.05) is 68.0 Å². The van der Waals surface area contributed by atoms with Gasteiger partial charge in [-0.05, 0) is 49.2 Å². The number of piperazine rings is 1. The Kier molecular flexibility index (Phi) is 4.49. The number of carbonyl (C=O) groups is 1. The zero-order valence-electron chi connectivity index (χ0n) is 18.0. The van der Waals surface area contributed by atoms with Crippen molar-refractivity contribution in [2.75, 3.05) is 44.7 Å². The van der Waals surface area contributed by atoms with Crippen LogP contribution in [-0.4, -0.2) is 71.5 Å². The molecule has 0 bridgehead atoms. The number of fused-ring (bicyclic) bond motifs is 2. The maximum absolute atomic E-state index is 13.5. The summed E-state index contributed by atoms with van der Waals surface area (Å²) in [5.41, 5.74) is 4.08. The van der Waals surface area contributed by atoms with Gasteiger partial charge in [-0.15, -0.1) is 0 Å². The number of likely N-dealkylation sites (N-methyl/N-ethyl adjacent to an activating group) is 1. The van der Waals surface area contributed by atoms with Gasteiger partial charge in [-0.2, -0.15) is 0 Å². The summed E-state index contributed by atoms with van der Waals surface area (Å²) in [6.07, 6.45) is 6.04. The maximum Gasteiger partial charge on any atom is 0.227 e. The number of hydrogen-bond acceptors (Lipinski definition) is 4. The summed E-state index contributed by atoms with van der Waals surface area (Å²) in [5.74, 6) is 1.84. The zero-order valence-corrected chi connectivity index (χ0v) is 18.0.